The quantitative estimate of drug-likeness (QED) is 0.424. The second kappa shape index (κ2) is 6.85. The lowest BCUT2D eigenvalue weighted by Gasteiger charge is -2.23. The molecule has 0 aromatic rings. The molecular formula is C17H24O2. The second-order valence-electron chi connectivity index (χ2n) is 5.68. The van der Waals surface area contributed by atoms with Gasteiger partial charge in [0.2, 0.25) is 0 Å². The number of rotatable bonds is 5. The number of hydrogen-bond donors (Lipinski definition) is 0. The first-order chi connectivity index (χ1) is 9.22. The monoisotopic (exact) mass is 260 g/mol. The van der Waals surface area contributed by atoms with E-state index in [1.165, 1.54) is 24.8 Å². The van der Waals surface area contributed by atoms with Gasteiger partial charge in [-0.1, -0.05) is 28.9 Å². The molecule has 0 fully saturated rings. The lowest BCUT2D eigenvalue weighted by Crippen LogP contribution is -2.14. The minimum atomic E-state index is 0.713. The van der Waals surface area contributed by atoms with Crippen molar-refractivity contribution in [3.05, 3.63) is 34.4 Å². The highest BCUT2D eigenvalue weighted by Gasteiger charge is 2.26. The van der Waals surface area contributed by atoms with Crippen LogP contribution in [0, 0.1) is 5.92 Å². The Hall–Kier alpha value is -1.15. The molecule has 0 spiro atoms. The molecule has 104 valence electrons. The number of allylic oxidation sites excluding steroid dienone is 6. The van der Waals surface area contributed by atoms with Crippen LogP contribution in [0.3, 0.4) is 0 Å². The average Bonchev–Trinajstić information content (AvgIpc) is 2.84. The fourth-order valence-electron chi connectivity index (χ4n) is 3.00. The van der Waals surface area contributed by atoms with Crippen molar-refractivity contribution in [3.8, 4) is 0 Å². The van der Waals surface area contributed by atoms with Crippen molar-refractivity contribution >= 4 is 6.29 Å². The highest BCUT2D eigenvalue weighted by molar-refractivity contribution is 5.72. The molecule has 2 nitrogen and oxygen atoms in total. The van der Waals surface area contributed by atoms with Gasteiger partial charge in [-0.2, -0.15) is 0 Å². The van der Waals surface area contributed by atoms with Crippen molar-refractivity contribution in [2.45, 2.75) is 46.0 Å². The number of carbonyl (C=O) groups is 1. The summed E-state index contributed by atoms with van der Waals surface area (Å²) < 4.78 is 5.56. The molecule has 0 N–H and O–H groups in total. The van der Waals surface area contributed by atoms with Crippen molar-refractivity contribution in [3.63, 3.8) is 0 Å². The van der Waals surface area contributed by atoms with E-state index in [4.69, 9.17) is 4.74 Å². The van der Waals surface area contributed by atoms with E-state index < -0.39 is 0 Å². The average molecular weight is 260 g/mol. The van der Waals surface area contributed by atoms with Crippen LogP contribution in [0.25, 0.3) is 0 Å². The topological polar surface area (TPSA) is 26.3 Å². The highest BCUT2D eigenvalue weighted by Crippen LogP contribution is 2.42. The first-order valence-electron chi connectivity index (χ1n) is 7.32. The first-order valence-corrected chi connectivity index (χ1v) is 7.32. The van der Waals surface area contributed by atoms with E-state index in [0.29, 0.717) is 5.92 Å². The molecule has 0 bridgehead atoms. The molecule has 2 aliphatic carbocycles. The van der Waals surface area contributed by atoms with Gasteiger partial charge in [-0.25, -0.2) is 0 Å². The van der Waals surface area contributed by atoms with Crippen molar-refractivity contribution in [1.29, 1.82) is 0 Å². The molecule has 0 aromatic carbocycles. The Morgan fingerprint density at radius 3 is 2.89 bits per heavy atom. The Bertz CT molecular complexity index is 427. The smallest absolute Gasteiger partial charge is 0.145 e. The standard InChI is InChI=1S/C17H24O2/c1-3-19-12-15-6-7-16-8-14(9-17(16)10-15)5-4-13(2)11-18/h4-5,11,15H,3,6-10,12H2,1-2H3/b13-4+,14-5-. The molecule has 0 radical (unpaired) electrons. The summed E-state index contributed by atoms with van der Waals surface area (Å²) in [5, 5.41) is 0. The van der Waals surface area contributed by atoms with Gasteiger partial charge in [0.15, 0.2) is 0 Å². The SMILES string of the molecule is CCOCC1CCC2=C(C/C(=C\C=C(/C)C=O)C2)C1. The minimum Gasteiger partial charge on any atom is -0.381 e. The van der Waals surface area contributed by atoms with Crippen LogP contribution in [-0.2, 0) is 9.53 Å². The normalized spacial score (nSPS) is 25.9. The highest BCUT2D eigenvalue weighted by atomic mass is 16.5. The third-order valence-electron chi connectivity index (χ3n) is 4.10. The molecule has 1 atom stereocenters. The zero-order valence-corrected chi connectivity index (χ0v) is 12.1. The number of ether oxygens (including phenoxy) is 1. The molecule has 0 aromatic heterocycles. The van der Waals surface area contributed by atoms with Crippen LogP contribution in [-0.4, -0.2) is 19.5 Å². The fraction of sp³-hybridized carbons (Fsp3) is 0.588. The van der Waals surface area contributed by atoms with Crippen molar-refractivity contribution < 1.29 is 9.53 Å². The maximum absolute atomic E-state index is 10.6. The summed E-state index contributed by atoms with van der Waals surface area (Å²) >= 11 is 0. The van der Waals surface area contributed by atoms with Crippen LogP contribution in [0.2, 0.25) is 0 Å². The predicted octanol–water partition coefficient (Wildman–Crippen LogP) is 3.99. The minimum absolute atomic E-state index is 0.713. The lowest BCUT2D eigenvalue weighted by molar-refractivity contribution is -0.104. The van der Waals surface area contributed by atoms with Crippen LogP contribution < -0.4 is 0 Å². The summed E-state index contributed by atoms with van der Waals surface area (Å²) in [6.45, 7) is 5.65. The molecule has 2 heteroatoms. The van der Waals surface area contributed by atoms with E-state index in [0.717, 1.165) is 37.9 Å². The van der Waals surface area contributed by atoms with Crippen molar-refractivity contribution in [2.24, 2.45) is 5.92 Å². The lowest BCUT2D eigenvalue weighted by atomic mass is 9.86. The first kappa shape index (κ1) is 14.3. The van der Waals surface area contributed by atoms with Gasteiger partial charge in [-0.05, 0) is 57.4 Å². The Balaban J connectivity index is 1.92. The maximum atomic E-state index is 10.6. The number of hydrogen-bond acceptors (Lipinski definition) is 2. The molecule has 0 saturated heterocycles. The molecule has 0 amide bonds. The fourth-order valence-corrected chi connectivity index (χ4v) is 3.00. The van der Waals surface area contributed by atoms with Crippen LogP contribution in [0.4, 0.5) is 0 Å². The van der Waals surface area contributed by atoms with Gasteiger partial charge in [-0.3, -0.25) is 4.79 Å². The summed E-state index contributed by atoms with van der Waals surface area (Å²) in [5.74, 6) is 0.713. The molecule has 2 aliphatic rings. The molecule has 0 saturated carbocycles. The van der Waals surface area contributed by atoms with Gasteiger partial charge in [-0.15, -0.1) is 0 Å². The molecule has 0 heterocycles. The maximum Gasteiger partial charge on any atom is 0.145 e. The largest absolute Gasteiger partial charge is 0.381 e. The summed E-state index contributed by atoms with van der Waals surface area (Å²) in [6.07, 6.45) is 11.0. The van der Waals surface area contributed by atoms with Gasteiger partial charge < -0.3 is 4.74 Å². The summed E-state index contributed by atoms with van der Waals surface area (Å²) in [5.41, 5.74) is 5.55. The van der Waals surface area contributed by atoms with Crippen molar-refractivity contribution in [1.82, 2.24) is 0 Å². The van der Waals surface area contributed by atoms with Crippen molar-refractivity contribution in [2.75, 3.05) is 13.2 Å². The Kier molecular flexibility index (Phi) is 5.15. The number of carbonyl (C=O) groups excluding carboxylic acids is 1. The van der Waals surface area contributed by atoms with E-state index in [1.807, 2.05) is 13.0 Å². The van der Waals surface area contributed by atoms with E-state index in [-0.39, 0.29) is 0 Å². The number of aldehydes is 1. The molecular weight excluding hydrogens is 236 g/mol. The van der Waals surface area contributed by atoms with Gasteiger partial charge in [0.25, 0.3) is 0 Å². The summed E-state index contributed by atoms with van der Waals surface area (Å²) in [6, 6.07) is 0. The summed E-state index contributed by atoms with van der Waals surface area (Å²) in [7, 11) is 0. The molecule has 19 heavy (non-hydrogen) atoms. The van der Waals surface area contributed by atoms with E-state index in [1.54, 1.807) is 11.1 Å². The van der Waals surface area contributed by atoms with Gasteiger partial charge in [0.05, 0.1) is 0 Å². The van der Waals surface area contributed by atoms with Gasteiger partial charge in [0, 0.05) is 13.2 Å². The van der Waals surface area contributed by atoms with E-state index >= 15 is 0 Å². The molecule has 1 unspecified atom stereocenters. The predicted molar refractivity (Wildman–Crippen MR) is 78.0 cm³/mol. The third-order valence-corrected chi connectivity index (χ3v) is 4.10. The molecule has 0 aliphatic heterocycles. The zero-order valence-electron chi connectivity index (χ0n) is 12.1. The van der Waals surface area contributed by atoms with Crippen LogP contribution in [0.15, 0.2) is 34.4 Å². The third kappa shape index (κ3) is 3.90. The Morgan fingerprint density at radius 2 is 2.16 bits per heavy atom. The second-order valence-corrected chi connectivity index (χ2v) is 5.68. The Morgan fingerprint density at radius 1 is 1.37 bits per heavy atom. The van der Waals surface area contributed by atoms with Crippen LogP contribution >= 0.6 is 0 Å². The van der Waals surface area contributed by atoms with Gasteiger partial charge >= 0.3 is 0 Å². The van der Waals surface area contributed by atoms with Gasteiger partial charge in [0.1, 0.15) is 6.29 Å². The van der Waals surface area contributed by atoms with Crippen LogP contribution in [0.1, 0.15) is 46.0 Å². The van der Waals surface area contributed by atoms with Crippen LogP contribution in [0.5, 0.6) is 0 Å². The Labute approximate surface area is 116 Å². The van der Waals surface area contributed by atoms with E-state index in [2.05, 4.69) is 13.0 Å². The molecule has 2 rings (SSSR count). The summed E-state index contributed by atoms with van der Waals surface area (Å²) in [4.78, 5) is 10.6. The zero-order chi connectivity index (χ0) is 13.7. The van der Waals surface area contributed by atoms with E-state index in [9.17, 15) is 4.79 Å².